The maximum Gasteiger partial charge on any atom is 0.253 e. The van der Waals surface area contributed by atoms with Gasteiger partial charge in [-0.05, 0) is 24.1 Å². The molecule has 2 amide bonds. The van der Waals surface area contributed by atoms with Crippen LogP contribution in [-0.4, -0.2) is 35.6 Å². The number of carbonyl (C=O) groups excluding carboxylic acids is 2. The second-order valence-electron chi connectivity index (χ2n) is 5.03. The molecule has 0 spiro atoms. The van der Waals surface area contributed by atoms with Crippen molar-refractivity contribution in [2.45, 2.75) is 18.7 Å². The summed E-state index contributed by atoms with van der Waals surface area (Å²) in [5.74, 6) is -0.173. The molecule has 1 atom stereocenters. The number of hydrogen-bond donors (Lipinski definition) is 1. The van der Waals surface area contributed by atoms with E-state index in [0.29, 0.717) is 16.3 Å². The van der Waals surface area contributed by atoms with Gasteiger partial charge in [-0.3, -0.25) is 9.59 Å². The molecule has 1 rings (SSSR count). The number of alkyl halides is 1. The second-order valence-corrected chi connectivity index (χ2v) is 6.42. The molecule has 1 aromatic rings. The SMILES string of the molecule is CC(C)C(Br)C(=O)Nc1cc(C(=O)N(C)C)ccc1Cl. The number of nitrogens with zero attached hydrogens (tertiary/aromatic N) is 1. The Kier molecular flexibility index (Phi) is 6.02. The smallest absolute Gasteiger partial charge is 0.253 e. The van der Waals surface area contributed by atoms with Crippen LogP contribution in [0.25, 0.3) is 0 Å². The summed E-state index contributed by atoms with van der Waals surface area (Å²) in [4.78, 5) is 25.1. The largest absolute Gasteiger partial charge is 0.345 e. The van der Waals surface area contributed by atoms with Gasteiger partial charge in [0.2, 0.25) is 5.91 Å². The second kappa shape index (κ2) is 7.09. The van der Waals surface area contributed by atoms with Gasteiger partial charge in [0.15, 0.2) is 0 Å². The van der Waals surface area contributed by atoms with E-state index in [0.717, 1.165) is 0 Å². The minimum atomic E-state index is -0.313. The first kappa shape index (κ1) is 17.0. The fourth-order valence-electron chi connectivity index (χ4n) is 1.52. The predicted molar refractivity (Wildman–Crippen MR) is 85.7 cm³/mol. The summed E-state index contributed by atoms with van der Waals surface area (Å²) in [5, 5.41) is 3.14. The summed E-state index contributed by atoms with van der Waals surface area (Å²) >= 11 is 9.38. The van der Waals surface area contributed by atoms with E-state index in [9.17, 15) is 9.59 Å². The van der Waals surface area contributed by atoms with Crippen molar-refractivity contribution < 1.29 is 9.59 Å². The normalized spacial score (nSPS) is 12.2. The molecule has 1 aromatic carbocycles. The Morgan fingerprint density at radius 1 is 1.30 bits per heavy atom. The minimum Gasteiger partial charge on any atom is -0.345 e. The van der Waals surface area contributed by atoms with Crippen LogP contribution in [0.3, 0.4) is 0 Å². The molecule has 110 valence electrons. The minimum absolute atomic E-state index is 0.142. The third kappa shape index (κ3) is 4.21. The van der Waals surface area contributed by atoms with E-state index < -0.39 is 0 Å². The van der Waals surface area contributed by atoms with Crippen molar-refractivity contribution in [2.24, 2.45) is 5.92 Å². The zero-order valence-electron chi connectivity index (χ0n) is 11.9. The summed E-state index contributed by atoms with van der Waals surface area (Å²) in [6.45, 7) is 3.87. The lowest BCUT2D eigenvalue weighted by atomic mass is 10.1. The Morgan fingerprint density at radius 2 is 1.90 bits per heavy atom. The van der Waals surface area contributed by atoms with Gasteiger partial charge in [-0.25, -0.2) is 0 Å². The molecule has 6 heteroatoms. The van der Waals surface area contributed by atoms with Gasteiger partial charge in [0.1, 0.15) is 0 Å². The Labute approximate surface area is 132 Å². The van der Waals surface area contributed by atoms with E-state index >= 15 is 0 Å². The van der Waals surface area contributed by atoms with Crippen LogP contribution in [0.4, 0.5) is 5.69 Å². The average Bonchev–Trinajstić information content (AvgIpc) is 2.39. The topological polar surface area (TPSA) is 49.4 Å². The number of anilines is 1. The summed E-state index contributed by atoms with van der Waals surface area (Å²) in [5.41, 5.74) is 0.917. The molecule has 0 radical (unpaired) electrons. The highest BCUT2D eigenvalue weighted by atomic mass is 79.9. The van der Waals surface area contributed by atoms with Crippen molar-refractivity contribution in [3.63, 3.8) is 0 Å². The fraction of sp³-hybridized carbons (Fsp3) is 0.429. The van der Waals surface area contributed by atoms with Gasteiger partial charge in [-0.15, -0.1) is 0 Å². The van der Waals surface area contributed by atoms with Crippen molar-refractivity contribution in [3.05, 3.63) is 28.8 Å². The highest BCUT2D eigenvalue weighted by Crippen LogP contribution is 2.25. The van der Waals surface area contributed by atoms with Crippen LogP contribution in [0.2, 0.25) is 5.02 Å². The summed E-state index contributed by atoms with van der Waals surface area (Å²) in [6, 6.07) is 4.82. The lowest BCUT2D eigenvalue weighted by Crippen LogP contribution is -2.27. The molecule has 0 fully saturated rings. The van der Waals surface area contributed by atoms with Gasteiger partial charge in [-0.2, -0.15) is 0 Å². The molecular formula is C14H18BrClN2O2. The number of carbonyl (C=O) groups is 2. The molecular weight excluding hydrogens is 344 g/mol. The van der Waals surface area contributed by atoms with Crippen molar-refractivity contribution in [1.82, 2.24) is 4.90 Å². The average molecular weight is 362 g/mol. The zero-order chi connectivity index (χ0) is 15.4. The van der Waals surface area contributed by atoms with Gasteiger partial charge < -0.3 is 10.2 Å². The van der Waals surface area contributed by atoms with Crippen LogP contribution in [0.15, 0.2) is 18.2 Å². The highest BCUT2D eigenvalue weighted by Gasteiger charge is 2.20. The molecule has 1 unspecified atom stereocenters. The quantitative estimate of drug-likeness (QED) is 0.836. The van der Waals surface area contributed by atoms with Crippen LogP contribution >= 0.6 is 27.5 Å². The molecule has 0 aliphatic heterocycles. The van der Waals surface area contributed by atoms with Crippen LogP contribution in [0.5, 0.6) is 0 Å². The van der Waals surface area contributed by atoms with Gasteiger partial charge in [0.05, 0.1) is 15.5 Å². The Bertz CT molecular complexity index is 518. The predicted octanol–water partition coefficient (Wildman–Crippen LogP) is 3.40. The van der Waals surface area contributed by atoms with Crippen molar-refractivity contribution >= 4 is 45.0 Å². The standard InChI is InChI=1S/C14H18BrClN2O2/c1-8(2)12(15)13(19)17-11-7-9(5-6-10(11)16)14(20)18(3)4/h5-8,12H,1-4H3,(H,17,19). The summed E-state index contributed by atoms with van der Waals surface area (Å²) in [7, 11) is 3.34. The molecule has 0 aromatic heterocycles. The molecule has 0 aliphatic carbocycles. The molecule has 0 aliphatic rings. The van der Waals surface area contributed by atoms with Crippen LogP contribution < -0.4 is 5.32 Å². The van der Waals surface area contributed by atoms with E-state index in [4.69, 9.17) is 11.6 Å². The molecule has 0 bridgehead atoms. The van der Waals surface area contributed by atoms with E-state index in [-0.39, 0.29) is 22.6 Å². The number of amides is 2. The molecule has 0 saturated heterocycles. The number of halogens is 2. The third-order valence-electron chi connectivity index (χ3n) is 2.71. The summed E-state index contributed by atoms with van der Waals surface area (Å²) < 4.78 is 0. The molecule has 4 nitrogen and oxygen atoms in total. The first-order valence-corrected chi connectivity index (χ1v) is 7.49. The first-order chi connectivity index (χ1) is 9.23. The lowest BCUT2D eigenvalue weighted by molar-refractivity contribution is -0.116. The van der Waals surface area contributed by atoms with E-state index in [1.165, 1.54) is 4.90 Å². The number of hydrogen-bond acceptors (Lipinski definition) is 2. The van der Waals surface area contributed by atoms with Gasteiger partial charge >= 0.3 is 0 Å². The Morgan fingerprint density at radius 3 is 2.40 bits per heavy atom. The van der Waals surface area contributed by atoms with Gasteiger partial charge in [0.25, 0.3) is 5.91 Å². The maximum absolute atomic E-state index is 12.0. The molecule has 20 heavy (non-hydrogen) atoms. The van der Waals surface area contributed by atoms with Gasteiger partial charge in [0, 0.05) is 19.7 Å². The van der Waals surface area contributed by atoms with Crippen LogP contribution in [0.1, 0.15) is 24.2 Å². The summed E-state index contributed by atoms with van der Waals surface area (Å²) in [6.07, 6.45) is 0. The van der Waals surface area contributed by atoms with Crippen molar-refractivity contribution in [3.8, 4) is 0 Å². The van der Waals surface area contributed by atoms with Crippen LogP contribution in [0, 0.1) is 5.92 Å². The number of nitrogens with one attached hydrogen (secondary N) is 1. The Balaban J connectivity index is 2.98. The molecule has 1 N–H and O–H groups in total. The number of benzene rings is 1. The number of rotatable bonds is 4. The Hall–Kier alpha value is -1.07. The molecule has 0 saturated carbocycles. The third-order valence-corrected chi connectivity index (χ3v) is 4.52. The van der Waals surface area contributed by atoms with Crippen molar-refractivity contribution in [1.29, 1.82) is 0 Å². The van der Waals surface area contributed by atoms with E-state index in [1.807, 2.05) is 13.8 Å². The lowest BCUT2D eigenvalue weighted by Gasteiger charge is -2.16. The zero-order valence-corrected chi connectivity index (χ0v) is 14.2. The monoisotopic (exact) mass is 360 g/mol. The highest BCUT2D eigenvalue weighted by molar-refractivity contribution is 9.10. The van der Waals surface area contributed by atoms with Gasteiger partial charge in [-0.1, -0.05) is 41.4 Å². The van der Waals surface area contributed by atoms with Crippen molar-refractivity contribution in [2.75, 3.05) is 19.4 Å². The van der Waals surface area contributed by atoms with Crippen LogP contribution in [-0.2, 0) is 4.79 Å². The molecule has 0 heterocycles. The fourth-order valence-corrected chi connectivity index (χ4v) is 1.80. The van der Waals surface area contributed by atoms with E-state index in [2.05, 4.69) is 21.2 Å². The maximum atomic E-state index is 12.0. The first-order valence-electron chi connectivity index (χ1n) is 6.20. The van der Waals surface area contributed by atoms with E-state index in [1.54, 1.807) is 32.3 Å².